The largest absolute Gasteiger partial charge is 0.491 e. The Hall–Kier alpha value is -1.25. The van der Waals surface area contributed by atoms with Gasteiger partial charge >= 0.3 is 0 Å². The van der Waals surface area contributed by atoms with Crippen LogP contribution in [0.15, 0.2) is 23.7 Å². The van der Waals surface area contributed by atoms with Crippen molar-refractivity contribution in [2.75, 3.05) is 7.05 Å². The molecule has 0 aromatic heterocycles. The summed E-state index contributed by atoms with van der Waals surface area (Å²) in [6.45, 7) is 10.1. The van der Waals surface area contributed by atoms with E-state index >= 15 is 0 Å². The number of hydroxylamine groups is 1. The van der Waals surface area contributed by atoms with Crippen LogP contribution in [-0.2, 0) is 9.57 Å². The molecule has 0 radical (unpaired) electrons. The Morgan fingerprint density at radius 3 is 2.47 bits per heavy atom. The zero-order chi connectivity index (χ0) is 13.3. The summed E-state index contributed by atoms with van der Waals surface area (Å²) >= 11 is 0. The number of nitrogens with zero attached hydrogens (tertiary/aromatic N) is 1. The van der Waals surface area contributed by atoms with Crippen LogP contribution in [0.4, 0.5) is 0 Å². The SMILES string of the molecule is C/C=[N+](\C)O/C(C)=C\C(C)O/C(=C/CC)CC. The molecule has 0 saturated heterocycles. The van der Waals surface area contributed by atoms with Gasteiger partial charge < -0.3 is 4.74 Å². The van der Waals surface area contributed by atoms with Crippen molar-refractivity contribution in [3.05, 3.63) is 23.7 Å². The number of allylic oxidation sites excluding steroid dienone is 3. The molecule has 17 heavy (non-hydrogen) atoms. The van der Waals surface area contributed by atoms with Crippen molar-refractivity contribution in [3.63, 3.8) is 0 Å². The maximum atomic E-state index is 5.80. The summed E-state index contributed by atoms with van der Waals surface area (Å²) in [6.07, 6.45) is 7.90. The lowest BCUT2D eigenvalue weighted by molar-refractivity contribution is -0.751. The molecule has 0 heterocycles. The van der Waals surface area contributed by atoms with E-state index in [0.717, 1.165) is 24.4 Å². The van der Waals surface area contributed by atoms with Crippen LogP contribution < -0.4 is 0 Å². The third-order valence-electron chi connectivity index (χ3n) is 2.24. The smallest absolute Gasteiger partial charge is 0.189 e. The molecule has 0 N–H and O–H groups in total. The molecule has 0 bridgehead atoms. The monoisotopic (exact) mass is 240 g/mol. The first kappa shape index (κ1) is 15.8. The van der Waals surface area contributed by atoms with Gasteiger partial charge in [0.05, 0.1) is 5.76 Å². The van der Waals surface area contributed by atoms with Crippen LogP contribution in [0.25, 0.3) is 0 Å². The van der Waals surface area contributed by atoms with Crippen molar-refractivity contribution in [1.82, 2.24) is 0 Å². The lowest BCUT2D eigenvalue weighted by atomic mass is 10.3. The summed E-state index contributed by atoms with van der Waals surface area (Å²) in [5.74, 6) is 1.88. The van der Waals surface area contributed by atoms with Crippen LogP contribution in [0.1, 0.15) is 47.5 Å². The van der Waals surface area contributed by atoms with Gasteiger partial charge in [-0.3, -0.25) is 0 Å². The van der Waals surface area contributed by atoms with Crippen molar-refractivity contribution < 1.29 is 14.3 Å². The lowest BCUT2D eigenvalue weighted by Crippen LogP contribution is -2.09. The van der Waals surface area contributed by atoms with Crippen LogP contribution >= 0.6 is 0 Å². The van der Waals surface area contributed by atoms with Gasteiger partial charge in [0.2, 0.25) is 0 Å². The predicted octanol–water partition coefficient (Wildman–Crippen LogP) is 3.66. The quantitative estimate of drug-likeness (QED) is 0.293. The molecule has 0 aromatic carbocycles. The Kier molecular flexibility index (Phi) is 8.20. The molecule has 0 aliphatic rings. The van der Waals surface area contributed by atoms with Crippen LogP contribution in [0.5, 0.6) is 0 Å². The summed E-state index contributed by atoms with van der Waals surface area (Å²) in [5, 5.41) is 0. The van der Waals surface area contributed by atoms with Gasteiger partial charge in [0.1, 0.15) is 6.10 Å². The van der Waals surface area contributed by atoms with Gasteiger partial charge in [0.25, 0.3) is 0 Å². The fraction of sp³-hybridized carbons (Fsp3) is 0.643. The summed E-state index contributed by atoms with van der Waals surface area (Å²) in [7, 11) is 1.86. The van der Waals surface area contributed by atoms with Crippen LogP contribution in [-0.4, -0.2) is 24.1 Å². The van der Waals surface area contributed by atoms with E-state index in [1.54, 1.807) is 4.74 Å². The molecule has 0 aliphatic carbocycles. The number of rotatable bonds is 7. The number of ether oxygens (including phenoxy) is 1. The van der Waals surface area contributed by atoms with Gasteiger partial charge in [0.15, 0.2) is 19.0 Å². The molecular weight excluding hydrogens is 214 g/mol. The minimum atomic E-state index is 0.0259. The lowest BCUT2D eigenvalue weighted by Gasteiger charge is -2.13. The zero-order valence-electron chi connectivity index (χ0n) is 12.0. The molecule has 0 fully saturated rings. The van der Waals surface area contributed by atoms with Gasteiger partial charge in [-0.1, -0.05) is 13.8 Å². The molecule has 0 spiro atoms. The molecular formula is C14H26NO2+. The van der Waals surface area contributed by atoms with Crippen molar-refractivity contribution in [2.24, 2.45) is 0 Å². The molecule has 0 rings (SSSR count). The molecule has 0 saturated carbocycles. The van der Waals surface area contributed by atoms with Gasteiger partial charge in [-0.2, -0.15) is 0 Å². The number of hydrogen-bond acceptors (Lipinski definition) is 2. The molecule has 0 aliphatic heterocycles. The van der Waals surface area contributed by atoms with E-state index in [9.17, 15) is 0 Å². The highest BCUT2D eigenvalue weighted by molar-refractivity contribution is 5.46. The normalized spacial score (nSPS) is 15.8. The summed E-state index contributed by atoms with van der Waals surface area (Å²) in [5.41, 5.74) is 0. The van der Waals surface area contributed by atoms with E-state index in [-0.39, 0.29) is 6.10 Å². The minimum absolute atomic E-state index is 0.0259. The van der Waals surface area contributed by atoms with E-state index in [1.807, 2.05) is 40.1 Å². The Labute approximate surface area is 105 Å². The van der Waals surface area contributed by atoms with Crippen molar-refractivity contribution in [2.45, 2.75) is 53.6 Å². The Morgan fingerprint density at radius 1 is 1.35 bits per heavy atom. The molecule has 0 aromatic rings. The zero-order valence-corrected chi connectivity index (χ0v) is 12.0. The Balaban J connectivity index is 4.37. The maximum absolute atomic E-state index is 5.80. The van der Waals surface area contributed by atoms with Crippen molar-refractivity contribution in [1.29, 1.82) is 0 Å². The Morgan fingerprint density at radius 2 is 2.00 bits per heavy atom. The molecule has 98 valence electrons. The fourth-order valence-corrected chi connectivity index (χ4v) is 1.42. The minimum Gasteiger partial charge on any atom is -0.491 e. The van der Waals surface area contributed by atoms with Crippen molar-refractivity contribution in [3.8, 4) is 0 Å². The van der Waals surface area contributed by atoms with Gasteiger partial charge in [-0.15, -0.1) is 0 Å². The van der Waals surface area contributed by atoms with Crippen LogP contribution in [0.2, 0.25) is 0 Å². The molecule has 1 atom stereocenters. The molecule has 0 amide bonds. The Bertz CT molecular complexity index is 303. The second kappa shape index (κ2) is 8.85. The summed E-state index contributed by atoms with van der Waals surface area (Å²) < 4.78 is 7.47. The van der Waals surface area contributed by atoms with Crippen LogP contribution in [0.3, 0.4) is 0 Å². The van der Waals surface area contributed by atoms with Crippen LogP contribution in [0, 0.1) is 0 Å². The molecule has 3 heteroatoms. The highest BCUT2D eigenvalue weighted by Gasteiger charge is 2.05. The van der Waals surface area contributed by atoms with Gasteiger partial charge in [0, 0.05) is 26.3 Å². The standard InChI is InChI=1S/C14H26NO2/c1-7-10-14(8-2)16-12(4)11-13(5)17-15(6)9-3/h9-12H,7-8H2,1-6H3/q+1/b13-11-,14-10+,15-9+. The highest BCUT2D eigenvalue weighted by atomic mass is 16.7. The van der Waals surface area contributed by atoms with Gasteiger partial charge in [-0.05, 0) is 24.2 Å². The van der Waals surface area contributed by atoms with Gasteiger partial charge in [-0.25, -0.2) is 4.84 Å². The van der Waals surface area contributed by atoms with E-state index in [2.05, 4.69) is 19.9 Å². The van der Waals surface area contributed by atoms with E-state index in [1.165, 1.54) is 0 Å². The first-order valence-electron chi connectivity index (χ1n) is 6.27. The maximum Gasteiger partial charge on any atom is 0.189 e. The molecule has 3 nitrogen and oxygen atoms in total. The van der Waals surface area contributed by atoms with E-state index < -0.39 is 0 Å². The molecule has 1 unspecified atom stereocenters. The van der Waals surface area contributed by atoms with E-state index in [0.29, 0.717) is 0 Å². The third kappa shape index (κ3) is 7.61. The second-order valence-electron chi connectivity index (χ2n) is 3.93. The first-order chi connectivity index (χ1) is 8.03. The highest BCUT2D eigenvalue weighted by Crippen LogP contribution is 2.10. The fourth-order valence-electron chi connectivity index (χ4n) is 1.42. The predicted molar refractivity (Wildman–Crippen MR) is 72.0 cm³/mol. The summed E-state index contributed by atoms with van der Waals surface area (Å²) in [6, 6.07) is 0. The van der Waals surface area contributed by atoms with E-state index in [4.69, 9.17) is 9.57 Å². The summed E-state index contributed by atoms with van der Waals surface area (Å²) in [4.78, 5) is 5.48. The second-order valence-corrected chi connectivity index (χ2v) is 3.93. The average Bonchev–Trinajstić information content (AvgIpc) is 2.27. The topological polar surface area (TPSA) is 21.5 Å². The van der Waals surface area contributed by atoms with Crippen molar-refractivity contribution >= 4 is 6.21 Å². The average molecular weight is 240 g/mol. The first-order valence-corrected chi connectivity index (χ1v) is 6.27. The number of hydrogen-bond donors (Lipinski definition) is 0. The third-order valence-corrected chi connectivity index (χ3v) is 2.24.